The lowest BCUT2D eigenvalue weighted by atomic mass is 9.95. The molecule has 0 radical (unpaired) electrons. The zero-order chi connectivity index (χ0) is 10.1. The van der Waals surface area contributed by atoms with Gasteiger partial charge in [0, 0.05) is 32.4 Å². The fourth-order valence-electron chi connectivity index (χ4n) is 1.77. The highest BCUT2D eigenvalue weighted by Gasteiger charge is 2.35. The van der Waals surface area contributed by atoms with Crippen molar-refractivity contribution >= 4 is 5.91 Å². The topological polar surface area (TPSA) is 52.6 Å². The Kier molecular flexibility index (Phi) is 2.93. The van der Waals surface area contributed by atoms with E-state index in [9.17, 15) is 9.90 Å². The maximum atomic E-state index is 10.8. The minimum Gasteiger partial charge on any atom is -0.371 e. The molecule has 4 nitrogen and oxygen atoms in total. The first-order chi connectivity index (χ1) is 5.93. The molecule has 2 unspecified atom stereocenters. The van der Waals surface area contributed by atoms with Crippen LogP contribution >= 0.6 is 0 Å². The molecule has 0 bridgehead atoms. The molecular weight excluding hydrogens is 168 g/mol. The van der Waals surface area contributed by atoms with E-state index in [2.05, 4.69) is 10.2 Å². The highest BCUT2D eigenvalue weighted by Crippen LogP contribution is 2.23. The molecule has 1 saturated heterocycles. The first-order valence-corrected chi connectivity index (χ1v) is 4.64. The molecule has 2 atom stereocenters. The van der Waals surface area contributed by atoms with Gasteiger partial charge in [-0.05, 0) is 14.0 Å². The number of rotatable bonds is 1. The van der Waals surface area contributed by atoms with Gasteiger partial charge in [0.2, 0.25) is 5.91 Å². The van der Waals surface area contributed by atoms with Crippen molar-refractivity contribution in [1.82, 2.24) is 10.2 Å². The monoisotopic (exact) mass is 186 g/mol. The second-order valence-electron chi connectivity index (χ2n) is 4.00. The Hall–Kier alpha value is -0.610. The van der Waals surface area contributed by atoms with E-state index in [0.717, 1.165) is 6.54 Å². The van der Waals surface area contributed by atoms with Crippen LogP contribution in [0.15, 0.2) is 0 Å². The number of hydrogen-bond acceptors (Lipinski definition) is 3. The molecule has 1 heterocycles. The van der Waals surface area contributed by atoms with Crippen LogP contribution in [0, 0.1) is 0 Å². The predicted molar refractivity (Wildman–Crippen MR) is 50.1 cm³/mol. The number of nitrogens with zero attached hydrogens (tertiary/aromatic N) is 1. The van der Waals surface area contributed by atoms with Crippen LogP contribution in [0.4, 0.5) is 0 Å². The number of aliphatic hydroxyl groups is 1. The summed E-state index contributed by atoms with van der Waals surface area (Å²) in [5.74, 6) is -0.167. The number of piperidine rings is 1. The van der Waals surface area contributed by atoms with Crippen LogP contribution in [-0.2, 0) is 4.79 Å². The molecule has 1 aliphatic rings. The molecule has 0 aliphatic carbocycles. The molecule has 0 saturated carbocycles. The van der Waals surface area contributed by atoms with Gasteiger partial charge in [0.25, 0.3) is 0 Å². The maximum Gasteiger partial charge on any atom is 0.219 e. The van der Waals surface area contributed by atoms with Crippen LogP contribution in [0.25, 0.3) is 0 Å². The second kappa shape index (κ2) is 3.64. The Morgan fingerprint density at radius 1 is 1.69 bits per heavy atom. The first kappa shape index (κ1) is 10.5. The molecule has 4 heteroatoms. The van der Waals surface area contributed by atoms with Gasteiger partial charge in [-0.25, -0.2) is 0 Å². The lowest BCUT2D eigenvalue weighted by Crippen LogP contribution is -2.56. The van der Waals surface area contributed by atoms with E-state index < -0.39 is 5.72 Å². The van der Waals surface area contributed by atoms with Crippen molar-refractivity contribution in [3.8, 4) is 0 Å². The van der Waals surface area contributed by atoms with Gasteiger partial charge >= 0.3 is 0 Å². The van der Waals surface area contributed by atoms with Gasteiger partial charge in [0.15, 0.2) is 0 Å². The Morgan fingerprint density at radius 2 is 2.31 bits per heavy atom. The van der Waals surface area contributed by atoms with Crippen LogP contribution in [0.1, 0.15) is 26.7 Å². The second-order valence-corrected chi connectivity index (χ2v) is 4.00. The van der Waals surface area contributed by atoms with Gasteiger partial charge in [-0.15, -0.1) is 0 Å². The van der Waals surface area contributed by atoms with Crippen LogP contribution in [0.5, 0.6) is 0 Å². The molecular formula is C9H18N2O2. The van der Waals surface area contributed by atoms with E-state index in [-0.39, 0.29) is 5.91 Å². The highest BCUT2D eigenvalue weighted by atomic mass is 16.3. The standard InChI is InChI=1S/C9H18N2O2/c1-7-6-9(13,10-8(2)12)4-5-11(7)3/h7,13H,4-6H2,1-3H3,(H,10,12). The molecule has 2 N–H and O–H groups in total. The molecule has 1 fully saturated rings. The molecule has 1 aliphatic heterocycles. The van der Waals surface area contributed by atoms with Crippen molar-refractivity contribution < 1.29 is 9.90 Å². The highest BCUT2D eigenvalue weighted by molar-refractivity contribution is 5.73. The Bertz CT molecular complexity index is 208. The van der Waals surface area contributed by atoms with Crippen LogP contribution < -0.4 is 5.32 Å². The summed E-state index contributed by atoms with van der Waals surface area (Å²) < 4.78 is 0. The molecule has 0 spiro atoms. The smallest absolute Gasteiger partial charge is 0.219 e. The summed E-state index contributed by atoms with van der Waals surface area (Å²) in [5.41, 5.74) is -0.988. The van der Waals surface area contributed by atoms with Gasteiger partial charge < -0.3 is 15.3 Å². The lowest BCUT2D eigenvalue weighted by Gasteiger charge is -2.41. The van der Waals surface area contributed by atoms with Gasteiger partial charge in [-0.1, -0.05) is 0 Å². The first-order valence-electron chi connectivity index (χ1n) is 4.64. The number of likely N-dealkylation sites (tertiary alicyclic amines) is 1. The zero-order valence-electron chi connectivity index (χ0n) is 8.50. The fraction of sp³-hybridized carbons (Fsp3) is 0.889. The summed E-state index contributed by atoms with van der Waals surface area (Å²) in [4.78, 5) is 13.0. The Balaban J connectivity index is 2.56. The van der Waals surface area contributed by atoms with E-state index in [1.165, 1.54) is 6.92 Å². The molecule has 0 aromatic carbocycles. The van der Waals surface area contributed by atoms with Gasteiger partial charge in [-0.2, -0.15) is 0 Å². The summed E-state index contributed by atoms with van der Waals surface area (Å²) in [6.07, 6.45) is 1.20. The summed E-state index contributed by atoms with van der Waals surface area (Å²) in [6.45, 7) is 4.30. The predicted octanol–water partition coefficient (Wildman–Crippen LogP) is -0.0748. The molecule has 76 valence electrons. The van der Waals surface area contributed by atoms with E-state index >= 15 is 0 Å². The summed E-state index contributed by atoms with van der Waals surface area (Å²) >= 11 is 0. The van der Waals surface area contributed by atoms with E-state index in [1.807, 2.05) is 14.0 Å². The minimum absolute atomic E-state index is 0.167. The quantitative estimate of drug-likeness (QED) is 0.563. The number of hydrogen-bond donors (Lipinski definition) is 2. The third-order valence-electron chi connectivity index (χ3n) is 2.67. The molecule has 0 aromatic heterocycles. The van der Waals surface area contributed by atoms with E-state index in [0.29, 0.717) is 18.9 Å². The fourth-order valence-corrected chi connectivity index (χ4v) is 1.77. The average Bonchev–Trinajstić information content (AvgIpc) is 1.96. The van der Waals surface area contributed by atoms with Gasteiger partial charge in [0.1, 0.15) is 5.72 Å². The number of carbonyl (C=O) groups excluding carboxylic acids is 1. The van der Waals surface area contributed by atoms with Crippen molar-refractivity contribution in [2.75, 3.05) is 13.6 Å². The summed E-state index contributed by atoms with van der Waals surface area (Å²) in [6, 6.07) is 0.311. The van der Waals surface area contributed by atoms with Gasteiger partial charge in [-0.3, -0.25) is 4.79 Å². The number of amides is 1. The third-order valence-corrected chi connectivity index (χ3v) is 2.67. The van der Waals surface area contributed by atoms with Crippen molar-refractivity contribution in [1.29, 1.82) is 0 Å². The number of nitrogens with one attached hydrogen (secondary N) is 1. The van der Waals surface area contributed by atoms with Crippen molar-refractivity contribution in [2.45, 2.75) is 38.5 Å². The van der Waals surface area contributed by atoms with Crippen molar-refractivity contribution in [3.63, 3.8) is 0 Å². The Labute approximate surface area is 78.9 Å². The van der Waals surface area contributed by atoms with Crippen molar-refractivity contribution in [2.24, 2.45) is 0 Å². The van der Waals surface area contributed by atoms with Crippen LogP contribution in [0.2, 0.25) is 0 Å². The minimum atomic E-state index is -0.988. The lowest BCUT2D eigenvalue weighted by molar-refractivity contribution is -0.131. The maximum absolute atomic E-state index is 10.8. The SMILES string of the molecule is CC(=O)NC1(O)CCN(C)C(C)C1. The van der Waals surface area contributed by atoms with E-state index in [4.69, 9.17) is 0 Å². The average molecular weight is 186 g/mol. The van der Waals surface area contributed by atoms with Crippen molar-refractivity contribution in [3.05, 3.63) is 0 Å². The van der Waals surface area contributed by atoms with E-state index in [1.54, 1.807) is 0 Å². The van der Waals surface area contributed by atoms with Gasteiger partial charge in [0.05, 0.1) is 0 Å². The van der Waals surface area contributed by atoms with Crippen LogP contribution in [0.3, 0.4) is 0 Å². The molecule has 1 amide bonds. The summed E-state index contributed by atoms with van der Waals surface area (Å²) in [5, 5.41) is 12.6. The zero-order valence-corrected chi connectivity index (χ0v) is 8.50. The molecule has 0 aromatic rings. The molecule has 1 rings (SSSR count). The Morgan fingerprint density at radius 3 is 2.77 bits per heavy atom. The number of carbonyl (C=O) groups is 1. The summed E-state index contributed by atoms with van der Waals surface area (Å²) in [7, 11) is 2.03. The largest absolute Gasteiger partial charge is 0.371 e. The van der Waals surface area contributed by atoms with Crippen LogP contribution in [-0.4, -0.2) is 41.3 Å². The molecule has 13 heavy (non-hydrogen) atoms. The normalized spacial score (nSPS) is 35.8. The third kappa shape index (κ3) is 2.67.